The van der Waals surface area contributed by atoms with Crippen LogP contribution in [0.3, 0.4) is 0 Å². The summed E-state index contributed by atoms with van der Waals surface area (Å²) in [5.41, 5.74) is 4.96. The molecular weight excluding hydrogens is 472 g/mol. The molecule has 182 valence electrons. The van der Waals surface area contributed by atoms with Crippen molar-refractivity contribution >= 4 is 35.0 Å². The van der Waals surface area contributed by atoms with E-state index < -0.39 is 17.9 Å². The minimum atomic E-state index is -0.877. The highest BCUT2D eigenvalue weighted by atomic mass is 35.5. The van der Waals surface area contributed by atoms with Crippen molar-refractivity contribution in [3.8, 4) is 0 Å². The molecule has 3 aromatic carbocycles. The van der Waals surface area contributed by atoms with E-state index in [-0.39, 0.29) is 29.6 Å². The molecule has 0 saturated carbocycles. The van der Waals surface area contributed by atoms with Gasteiger partial charge in [-0.2, -0.15) is 0 Å². The van der Waals surface area contributed by atoms with E-state index in [0.717, 1.165) is 35.1 Å². The van der Waals surface area contributed by atoms with E-state index in [4.69, 9.17) is 11.6 Å². The Labute approximate surface area is 215 Å². The minimum Gasteiger partial charge on any atom is -0.323 e. The number of nitrogens with zero attached hydrogens (tertiary/aromatic N) is 1. The molecule has 3 amide bonds. The number of amides is 3. The van der Waals surface area contributed by atoms with Gasteiger partial charge in [0.1, 0.15) is 6.04 Å². The van der Waals surface area contributed by atoms with Crippen LogP contribution in [0.2, 0.25) is 5.02 Å². The SMILES string of the molecule is CCCCC(C(=O)Nc1ccccc1Cl)N1C(=O)C2C3c4ccccc4C(c4ccccc43)C2C1=O. The van der Waals surface area contributed by atoms with Crippen LogP contribution in [0.4, 0.5) is 5.69 Å². The monoisotopic (exact) mass is 498 g/mol. The van der Waals surface area contributed by atoms with Crippen molar-refractivity contribution < 1.29 is 14.4 Å². The van der Waals surface area contributed by atoms with Gasteiger partial charge < -0.3 is 5.32 Å². The van der Waals surface area contributed by atoms with Gasteiger partial charge in [-0.05, 0) is 40.8 Å². The highest BCUT2D eigenvalue weighted by Gasteiger charge is 2.62. The number of hydrogen-bond acceptors (Lipinski definition) is 3. The summed E-state index contributed by atoms with van der Waals surface area (Å²) >= 11 is 6.28. The fourth-order valence-corrected chi connectivity index (χ4v) is 6.74. The second kappa shape index (κ2) is 8.90. The summed E-state index contributed by atoms with van der Waals surface area (Å²) in [6, 6.07) is 22.4. The lowest BCUT2D eigenvalue weighted by Crippen LogP contribution is -2.48. The number of halogens is 1. The zero-order valence-corrected chi connectivity index (χ0v) is 20.7. The van der Waals surface area contributed by atoms with Gasteiger partial charge >= 0.3 is 0 Å². The number of carbonyl (C=O) groups excluding carboxylic acids is 3. The van der Waals surface area contributed by atoms with Crippen LogP contribution in [0.15, 0.2) is 72.8 Å². The van der Waals surface area contributed by atoms with E-state index in [1.54, 1.807) is 24.3 Å². The first kappa shape index (κ1) is 23.0. The molecule has 1 aliphatic heterocycles. The first-order chi connectivity index (χ1) is 17.5. The molecule has 1 N–H and O–H groups in total. The van der Waals surface area contributed by atoms with Crippen LogP contribution in [0.25, 0.3) is 0 Å². The molecular formula is C30H27ClN2O3. The maximum Gasteiger partial charge on any atom is 0.247 e. The van der Waals surface area contributed by atoms with Crippen LogP contribution in [-0.2, 0) is 14.4 Å². The molecule has 1 fully saturated rings. The largest absolute Gasteiger partial charge is 0.323 e. The minimum absolute atomic E-state index is 0.188. The van der Waals surface area contributed by atoms with Crippen molar-refractivity contribution in [1.82, 2.24) is 4.90 Å². The number of rotatable bonds is 6. The third kappa shape index (κ3) is 3.33. The van der Waals surface area contributed by atoms with Gasteiger partial charge in [0, 0.05) is 11.8 Å². The molecule has 0 aromatic heterocycles. The summed E-state index contributed by atoms with van der Waals surface area (Å²) in [4.78, 5) is 43.0. The van der Waals surface area contributed by atoms with Gasteiger partial charge in [-0.3, -0.25) is 19.3 Å². The molecule has 1 heterocycles. The number of anilines is 1. The van der Waals surface area contributed by atoms with Crippen molar-refractivity contribution in [2.75, 3.05) is 5.32 Å². The number of imide groups is 1. The molecule has 36 heavy (non-hydrogen) atoms. The second-order valence-corrected chi connectivity index (χ2v) is 10.3. The number of benzene rings is 3. The van der Waals surface area contributed by atoms with Crippen LogP contribution in [0.5, 0.6) is 0 Å². The summed E-state index contributed by atoms with van der Waals surface area (Å²) in [5.74, 6) is -2.22. The normalized spacial score (nSPS) is 24.2. The van der Waals surface area contributed by atoms with E-state index >= 15 is 0 Å². The average molecular weight is 499 g/mol. The van der Waals surface area contributed by atoms with E-state index in [1.165, 1.54) is 4.90 Å². The van der Waals surface area contributed by atoms with E-state index in [2.05, 4.69) is 29.6 Å². The summed E-state index contributed by atoms with van der Waals surface area (Å²) in [6.07, 6.45) is 1.99. The van der Waals surface area contributed by atoms with Crippen molar-refractivity contribution in [2.24, 2.45) is 11.8 Å². The molecule has 7 rings (SSSR count). The number of unbranched alkanes of at least 4 members (excludes halogenated alkanes) is 1. The first-order valence-corrected chi connectivity index (χ1v) is 13.0. The fraction of sp³-hybridized carbons (Fsp3) is 0.300. The summed E-state index contributed by atoms with van der Waals surface area (Å²) < 4.78 is 0. The molecule has 0 spiro atoms. The molecule has 6 heteroatoms. The molecule has 3 aromatic rings. The lowest BCUT2D eigenvalue weighted by atomic mass is 9.55. The number of carbonyl (C=O) groups is 3. The Morgan fingerprint density at radius 2 is 1.31 bits per heavy atom. The van der Waals surface area contributed by atoms with Gasteiger partial charge in [0.15, 0.2) is 0 Å². The predicted octanol–water partition coefficient (Wildman–Crippen LogP) is 5.73. The zero-order valence-electron chi connectivity index (χ0n) is 20.0. The lowest BCUT2D eigenvalue weighted by molar-refractivity contribution is -0.147. The third-order valence-corrected chi connectivity index (χ3v) is 8.39. The van der Waals surface area contributed by atoms with Gasteiger partial charge in [-0.15, -0.1) is 0 Å². The molecule has 1 saturated heterocycles. The molecule has 3 aliphatic carbocycles. The van der Waals surface area contributed by atoms with Gasteiger partial charge in [0.2, 0.25) is 17.7 Å². The maximum absolute atomic E-state index is 14.1. The summed E-state index contributed by atoms with van der Waals surface area (Å²) in [5, 5.41) is 3.29. The Morgan fingerprint density at radius 3 is 1.78 bits per heavy atom. The maximum atomic E-state index is 14.1. The highest BCUT2D eigenvalue weighted by Crippen LogP contribution is 2.61. The van der Waals surface area contributed by atoms with Crippen molar-refractivity contribution in [3.63, 3.8) is 0 Å². The van der Waals surface area contributed by atoms with Crippen molar-refractivity contribution in [2.45, 2.75) is 44.1 Å². The van der Waals surface area contributed by atoms with E-state index in [1.807, 2.05) is 31.2 Å². The van der Waals surface area contributed by atoms with Gasteiger partial charge in [0.25, 0.3) is 0 Å². The molecule has 3 atom stereocenters. The van der Waals surface area contributed by atoms with E-state index in [9.17, 15) is 14.4 Å². The van der Waals surface area contributed by atoms with Gasteiger partial charge in [0.05, 0.1) is 22.5 Å². The number of hydrogen-bond donors (Lipinski definition) is 1. The zero-order chi connectivity index (χ0) is 25.0. The molecule has 5 nitrogen and oxygen atoms in total. The Morgan fingerprint density at radius 1 is 0.833 bits per heavy atom. The third-order valence-electron chi connectivity index (χ3n) is 8.06. The molecule has 4 aliphatic rings. The number of para-hydroxylation sites is 1. The number of likely N-dealkylation sites (tertiary alicyclic amines) is 1. The second-order valence-electron chi connectivity index (χ2n) is 9.94. The van der Waals surface area contributed by atoms with Gasteiger partial charge in [-0.1, -0.05) is 92.0 Å². The summed E-state index contributed by atoms with van der Waals surface area (Å²) in [7, 11) is 0. The Bertz CT molecular complexity index is 1270. The Balaban J connectivity index is 1.41. The smallest absolute Gasteiger partial charge is 0.247 e. The van der Waals surface area contributed by atoms with Crippen LogP contribution in [0.1, 0.15) is 60.3 Å². The first-order valence-electron chi connectivity index (χ1n) is 12.6. The van der Waals surface area contributed by atoms with Gasteiger partial charge in [-0.25, -0.2) is 0 Å². The topological polar surface area (TPSA) is 66.5 Å². The Hall–Kier alpha value is -3.44. The number of nitrogens with one attached hydrogen (secondary N) is 1. The molecule has 2 bridgehead atoms. The van der Waals surface area contributed by atoms with Crippen LogP contribution in [-0.4, -0.2) is 28.7 Å². The van der Waals surface area contributed by atoms with Crippen LogP contribution in [0, 0.1) is 11.8 Å². The van der Waals surface area contributed by atoms with E-state index in [0.29, 0.717) is 17.1 Å². The summed E-state index contributed by atoms with van der Waals surface area (Å²) in [6.45, 7) is 2.03. The van der Waals surface area contributed by atoms with Crippen molar-refractivity contribution in [3.05, 3.63) is 100 Å². The predicted molar refractivity (Wildman–Crippen MR) is 139 cm³/mol. The quantitative estimate of drug-likeness (QED) is 0.441. The standard InChI is InChI=1S/C30H27ClN2O3/c1-2-3-16-23(28(34)32-22-15-9-8-14-21(22)31)33-29(35)26-24-17-10-4-5-11-18(17)25(27(26)30(33)36)20-13-7-6-12-19(20)24/h4-15,23-27H,2-3,16H2,1H3,(H,32,34). The fourth-order valence-electron chi connectivity index (χ4n) is 6.56. The van der Waals surface area contributed by atoms with Crippen LogP contribution < -0.4 is 5.32 Å². The highest BCUT2D eigenvalue weighted by molar-refractivity contribution is 6.33. The lowest BCUT2D eigenvalue weighted by Gasteiger charge is -2.45. The van der Waals surface area contributed by atoms with Crippen molar-refractivity contribution in [1.29, 1.82) is 0 Å². The Kier molecular flexibility index (Phi) is 5.68. The van der Waals surface area contributed by atoms with Crippen LogP contribution >= 0.6 is 11.6 Å². The molecule has 0 radical (unpaired) electrons. The molecule has 3 unspecified atom stereocenters. The average Bonchev–Trinajstić information content (AvgIpc) is 3.16.